The molecule has 1 aliphatic heterocycles. The first kappa shape index (κ1) is 20.7. The van der Waals surface area contributed by atoms with Gasteiger partial charge in [-0.05, 0) is 44.0 Å². The Kier molecular flexibility index (Phi) is 5.78. The molecular formula is C17H18F3N3O3S2. The average Bonchev–Trinajstić information content (AvgIpc) is 3.08. The van der Waals surface area contributed by atoms with Gasteiger partial charge in [-0.15, -0.1) is 11.3 Å². The summed E-state index contributed by atoms with van der Waals surface area (Å²) in [5, 5.41) is 4.67. The summed E-state index contributed by atoms with van der Waals surface area (Å²) in [5.74, 6) is -1.88. The van der Waals surface area contributed by atoms with Crippen molar-refractivity contribution in [3.05, 3.63) is 40.3 Å². The van der Waals surface area contributed by atoms with Crippen molar-refractivity contribution in [1.82, 2.24) is 9.29 Å². The molecule has 6 nitrogen and oxygen atoms in total. The smallest absolute Gasteiger partial charge is 0.318 e. The highest BCUT2D eigenvalue weighted by Crippen LogP contribution is 2.32. The maximum absolute atomic E-state index is 12.8. The zero-order valence-corrected chi connectivity index (χ0v) is 16.5. The Balaban J connectivity index is 1.65. The molecule has 28 heavy (non-hydrogen) atoms. The van der Waals surface area contributed by atoms with E-state index in [4.69, 9.17) is 0 Å². The number of aromatic nitrogens is 1. The van der Waals surface area contributed by atoms with Gasteiger partial charge in [0.25, 0.3) is 0 Å². The van der Waals surface area contributed by atoms with Gasteiger partial charge < -0.3 is 5.32 Å². The number of aryl methyl sites for hydroxylation is 1. The molecule has 0 unspecified atom stereocenters. The molecule has 0 spiro atoms. The highest BCUT2D eigenvalue weighted by molar-refractivity contribution is 7.89. The quantitative estimate of drug-likeness (QED) is 0.800. The van der Waals surface area contributed by atoms with Gasteiger partial charge in [-0.2, -0.15) is 17.5 Å². The predicted molar refractivity (Wildman–Crippen MR) is 98.7 cm³/mol. The maximum Gasteiger partial charge on any atom is 0.471 e. The van der Waals surface area contributed by atoms with E-state index < -0.39 is 22.1 Å². The lowest BCUT2D eigenvalue weighted by Crippen LogP contribution is -2.37. The van der Waals surface area contributed by atoms with E-state index in [0.717, 1.165) is 22.8 Å². The summed E-state index contributed by atoms with van der Waals surface area (Å²) >= 11 is 1.58. The minimum atomic E-state index is -5.01. The largest absolute Gasteiger partial charge is 0.471 e. The second kappa shape index (κ2) is 7.80. The zero-order chi connectivity index (χ0) is 20.5. The van der Waals surface area contributed by atoms with Crippen molar-refractivity contribution >= 4 is 33.0 Å². The lowest BCUT2D eigenvalue weighted by Gasteiger charge is -2.30. The zero-order valence-electron chi connectivity index (χ0n) is 14.9. The number of carbonyl (C=O) groups excluding carboxylic acids is 1. The van der Waals surface area contributed by atoms with Gasteiger partial charge in [-0.3, -0.25) is 4.79 Å². The van der Waals surface area contributed by atoms with E-state index in [1.807, 2.05) is 12.3 Å². The number of piperidine rings is 1. The number of hydrogen-bond acceptors (Lipinski definition) is 5. The molecule has 2 aromatic rings. The number of nitrogens with one attached hydrogen (secondary N) is 1. The molecule has 0 saturated carbocycles. The third-order valence-corrected chi connectivity index (χ3v) is 7.49. The van der Waals surface area contributed by atoms with Crippen LogP contribution in [-0.2, 0) is 14.8 Å². The van der Waals surface area contributed by atoms with Crippen LogP contribution in [0.3, 0.4) is 0 Å². The molecule has 1 N–H and O–H groups in total. The van der Waals surface area contributed by atoms with Crippen molar-refractivity contribution in [2.45, 2.75) is 36.8 Å². The van der Waals surface area contributed by atoms with Crippen LogP contribution in [0.25, 0.3) is 0 Å². The number of nitrogens with zero attached hydrogens (tertiary/aromatic N) is 2. The van der Waals surface area contributed by atoms with Crippen molar-refractivity contribution in [3.8, 4) is 0 Å². The number of sulfonamides is 1. The number of thiazole rings is 1. The normalized spacial score (nSPS) is 16.9. The number of alkyl halides is 3. The number of rotatable bonds is 4. The number of hydrogen-bond donors (Lipinski definition) is 1. The summed E-state index contributed by atoms with van der Waals surface area (Å²) in [6.07, 6.45) is -3.69. The summed E-state index contributed by atoms with van der Waals surface area (Å²) in [5.41, 5.74) is 0.826. The summed E-state index contributed by atoms with van der Waals surface area (Å²) < 4.78 is 63.8. The number of halogens is 3. The van der Waals surface area contributed by atoms with E-state index in [-0.39, 0.29) is 16.5 Å². The molecule has 1 fully saturated rings. The van der Waals surface area contributed by atoms with Crippen LogP contribution in [-0.4, -0.2) is 42.9 Å². The summed E-state index contributed by atoms with van der Waals surface area (Å²) in [6.45, 7) is 2.61. The first-order valence-corrected chi connectivity index (χ1v) is 10.8. The van der Waals surface area contributed by atoms with Crippen LogP contribution in [0.4, 0.5) is 18.9 Å². The third-order valence-electron chi connectivity index (χ3n) is 4.45. The van der Waals surface area contributed by atoms with Crippen LogP contribution in [0.1, 0.15) is 29.5 Å². The van der Waals surface area contributed by atoms with E-state index in [0.29, 0.717) is 25.9 Å². The summed E-state index contributed by atoms with van der Waals surface area (Å²) in [7, 11) is -3.75. The molecule has 0 radical (unpaired) electrons. The van der Waals surface area contributed by atoms with Crippen molar-refractivity contribution in [2.75, 3.05) is 18.4 Å². The molecule has 2 heterocycles. The Labute approximate surface area is 164 Å². The third kappa shape index (κ3) is 4.53. The minimum absolute atomic E-state index is 0.0268. The first-order chi connectivity index (χ1) is 13.1. The van der Waals surface area contributed by atoms with Crippen molar-refractivity contribution < 1.29 is 26.4 Å². The van der Waals surface area contributed by atoms with E-state index in [2.05, 4.69) is 4.98 Å². The Morgan fingerprint density at radius 2 is 1.82 bits per heavy atom. The van der Waals surface area contributed by atoms with Crippen LogP contribution < -0.4 is 5.32 Å². The van der Waals surface area contributed by atoms with E-state index in [9.17, 15) is 26.4 Å². The van der Waals surface area contributed by atoms with Crippen LogP contribution in [0.15, 0.2) is 34.5 Å². The van der Waals surface area contributed by atoms with Gasteiger partial charge in [0.2, 0.25) is 10.0 Å². The molecule has 152 valence electrons. The minimum Gasteiger partial charge on any atom is -0.318 e. The van der Waals surface area contributed by atoms with Crippen LogP contribution >= 0.6 is 11.3 Å². The fraction of sp³-hybridized carbons (Fsp3) is 0.412. The molecule has 1 aromatic heterocycles. The van der Waals surface area contributed by atoms with Crippen LogP contribution in [0.5, 0.6) is 0 Å². The van der Waals surface area contributed by atoms with Gasteiger partial charge >= 0.3 is 12.1 Å². The van der Waals surface area contributed by atoms with E-state index in [1.54, 1.807) is 16.7 Å². The molecule has 1 amide bonds. The molecule has 11 heteroatoms. The topological polar surface area (TPSA) is 79.4 Å². The lowest BCUT2D eigenvalue weighted by atomic mass is 9.99. The molecular weight excluding hydrogens is 415 g/mol. The Bertz CT molecular complexity index is 948. The second-order valence-electron chi connectivity index (χ2n) is 6.48. The lowest BCUT2D eigenvalue weighted by molar-refractivity contribution is -0.167. The molecule has 0 aliphatic carbocycles. The Morgan fingerprint density at radius 3 is 2.32 bits per heavy atom. The fourth-order valence-electron chi connectivity index (χ4n) is 2.96. The number of carbonyl (C=O) groups is 1. The van der Waals surface area contributed by atoms with E-state index >= 15 is 0 Å². The highest BCUT2D eigenvalue weighted by Gasteiger charge is 2.38. The number of anilines is 1. The van der Waals surface area contributed by atoms with Crippen LogP contribution in [0.2, 0.25) is 0 Å². The van der Waals surface area contributed by atoms with Gasteiger partial charge in [0.1, 0.15) is 0 Å². The van der Waals surface area contributed by atoms with Crippen molar-refractivity contribution in [2.24, 2.45) is 0 Å². The Morgan fingerprint density at radius 1 is 1.21 bits per heavy atom. The molecule has 1 aliphatic rings. The highest BCUT2D eigenvalue weighted by atomic mass is 32.2. The van der Waals surface area contributed by atoms with Crippen molar-refractivity contribution in [1.29, 1.82) is 0 Å². The van der Waals surface area contributed by atoms with Gasteiger partial charge in [-0.25, -0.2) is 13.4 Å². The summed E-state index contributed by atoms with van der Waals surface area (Å²) in [4.78, 5) is 15.4. The second-order valence-corrected chi connectivity index (χ2v) is 9.31. The van der Waals surface area contributed by atoms with Gasteiger partial charge in [-0.1, -0.05) is 0 Å². The fourth-order valence-corrected chi connectivity index (χ4v) is 5.40. The molecule has 0 bridgehead atoms. The standard InChI is InChI=1S/C17H18F3N3O3S2/c1-11-10-27-15(21-11)12-6-8-23(9-7-12)28(25,26)14-4-2-13(3-5-14)22-16(24)17(18,19)20/h2-5,10,12H,6-9H2,1H3,(H,22,24). The first-order valence-electron chi connectivity index (χ1n) is 8.48. The molecule has 1 saturated heterocycles. The number of benzene rings is 1. The van der Waals surface area contributed by atoms with Gasteiger partial charge in [0.15, 0.2) is 0 Å². The van der Waals surface area contributed by atoms with Crippen molar-refractivity contribution in [3.63, 3.8) is 0 Å². The summed E-state index contributed by atoms with van der Waals surface area (Å²) in [6, 6.07) is 4.67. The van der Waals surface area contributed by atoms with Gasteiger partial charge in [0, 0.05) is 35.8 Å². The Hall–Kier alpha value is -1.98. The average molecular weight is 433 g/mol. The SMILES string of the molecule is Cc1csc(C2CCN(S(=O)(=O)c3ccc(NC(=O)C(F)(F)F)cc3)CC2)n1. The molecule has 1 aromatic carbocycles. The van der Waals surface area contributed by atoms with E-state index in [1.165, 1.54) is 16.4 Å². The predicted octanol–water partition coefficient (Wildman–Crippen LogP) is 3.52. The monoisotopic (exact) mass is 433 g/mol. The van der Waals surface area contributed by atoms with Crippen LogP contribution in [0, 0.1) is 6.92 Å². The maximum atomic E-state index is 12.8. The van der Waals surface area contributed by atoms with Gasteiger partial charge in [0.05, 0.1) is 9.90 Å². The molecule has 0 atom stereocenters. The number of amides is 1. The molecule has 3 rings (SSSR count).